The molecule has 33 heavy (non-hydrogen) atoms. The van der Waals surface area contributed by atoms with Crippen LogP contribution in [-0.2, 0) is 10.0 Å². The van der Waals surface area contributed by atoms with Crippen LogP contribution in [-0.4, -0.2) is 49.7 Å². The molecule has 3 aromatic carbocycles. The van der Waals surface area contributed by atoms with E-state index in [9.17, 15) is 17.6 Å². The maximum atomic E-state index is 13.6. The number of halogens is 1. The van der Waals surface area contributed by atoms with Gasteiger partial charge in [-0.25, -0.2) is 12.8 Å². The van der Waals surface area contributed by atoms with E-state index in [1.165, 1.54) is 29.6 Å². The summed E-state index contributed by atoms with van der Waals surface area (Å²) in [5, 5.41) is 0. The number of amides is 1. The maximum Gasteiger partial charge on any atom is 0.254 e. The lowest BCUT2D eigenvalue weighted by molar-refractivity contribution is 0.0760. The highest BCUT2D eigenvalue weighted by Crippen LogP contribution is 2.27. The highest BCUT2D eigenvalue weighted by Gasteiger charge is 2.31. The van der Waals surface area contributed by atoms with E-state index in [-0.39, 0.29) is 16.8 Å². The number of rotatable bonds is 5. The Balaban J connectivity index is 1.51. The zero-order valence-corrected chi connectivity index (χ0v) is 19.3. The molecule has 1 atom stereocenters. The lowest BCUT2D eigenvalue weighted by atomic mass is 9.99. The summed E-state index contributed by atoms with van der Waals surface area (Å²) in [7, 11) is -2.29. The molecule has 1 amide bonds. The predicted octanol–water partition coefficient (Wildman–Crippen LogP) is 4.81. The van der Waals surface area contributed by atoms with E-state index in [0.717, 1.165) is 17.2 Å². The minimum atomic E-state index is -3.82. The van der Waals surface area contributed by atoms with Gasteiger partial charge in [-0.15, -0.1) is 0 Å². The summed E-state index contributed by atoms with van der Waals surface area (Å²) in [6.07, 6.45) is 1.84. The standard InChI is InChI=1S/C26H27FN2O3S/c1-28(33(31,32)23-13-7-11-21(27)19-23)22-12-8-17-29(18-16-22)26(30)25-15-6-5-14-24(25)20-9-3-2-4-10-20/h2-7,9-11,13-15,19,22H,8,12,16-18H2,1H3/t22-/m1/s1. The van der Waals surface area contributed by atoms with Gasteiger partial charge in [0.2, 0.25) is 10.0 Å². The van der Waals surface area contributed by atoms with Crippen molar-refractivity contribution in [2.45, 2.75) is 30.2 Å². The molecule has 4 rings (SSSR count). The topological polar surface area (TPSA) is 57.7 Å². The number of nitrogens with zero attached hydrogens (tertiary/aromatic N) is 2. The molecular weight excluding hydrogens is 439 g/mol. The number of likely N-dealkylation sites (tertiary alicyclic amines) is 1. The zero-order chi connectivity index (χ0) is 23.4. The van der Waals surface area contributed by atoms with Crippen LogP contribution in [0, 0.1) is 5.82 Å². The van der Waals surface area contributed by atoms with Crippen LogP contribution in [0.1, 0.15) is 29.6 Å². The molecule has 7 heteroatoms. The summed E-state index contributed by atoms with van der Waals surface area (Å²) in [6, 6.07) is 22.2. The lowest BCUT2D eigenvalue weighted by Gasteiger charge is -2.27. The van der Waals surface area contributed by atoms with Gasteiger partial charge in [0.15, 0.2) is 0 Å². The minimum Gasteiger partial charge on any atom is -0.339 e. The second-order valence-electron chi connectivity index (χ2n) is 8.27. The molecule has 1 heterocycles. The van der Waals surface area contributed by atoms with Gasteiger partial charge in [-0.3, -0.25) is 4.79 Å². The van der Waals surface area contributed by atoms with E-state index in [4.69, 9.17) is 0 Å². The molecular formula is C26H27FN2O3S. The molecule has 0 saturated carbocycles. The first kappa shape index (κ1) is 23.1. The smallest absolute Gasteiger partial charge is 0.254 e. The number of hydrogen-bond acceptors (Lipinski definition) is 3. The molecule has 3 aromatic rings. The highest BCUT2D eigenvalue weighted by molar-refractivity contribution is 7.89. The molecule has 0 aliphatic carbocycles. The van der Waals surface area contributed by atoms with Crippen LogP contribution in [0.4, 0.5) is 4.39 Å². The van der Waals surface area contributed by atoms with E-state index in [1.807, 2.05) is 59.5 Å². The quantitative estimate of drug-likeness (QED) is 0.542. The van der Waals surface area contributed by atoms with Crippen molar-refractivity contribution in [3.63, 3.8) is 0 Å². The van der Waals surface area contributed by atoms with Gasteiger partial charge in [0.1, 0.15) is 5.82 Å². The Morgan fingerprint density at radius 1 is 0.939 bits per heavy atom. The van der Waals surface area contributed by atoms with Gasteiger partial charge < -0.3 is 4.90 Å². The van der Waals surface area contributed by atoms with Gasteiger partial charge in [-0.1, -0.05) is 54.6 Å². The van der Waals surface area contributed by atoms with Crippen molar-refractivity contribution < 1.29 is 17.6 Å². The molecule has 1 aliphatic rings. The average Bonchev–Trinajstić information content (AvgIpc) is 3.10. The van der Waals surface area contributed by atoms with E-state index in [2.05, 4.69) is 0 Å². The van der Waals surface area contributed by atoms with Crippen molar-refractivity contribution in [1.82, 2.24) is 9.21 Å². The Kier molecular flexibility index (Phi) is 6.91. The first-order valence-corrected chi connectivity index (χ1v) is 12.5. The molecule has 0 N–H and O–H groups in total. The monoisotopic (exact) mass is 466 g/mol. The summed E-state index contributed by atoms with van der Waals surface area (Å²) in [6.45, 7) is 1.02. The van der Waals surface area contributed by atoms with Crippen LogP contribution in [0.2, 0.25) is 0 Å². The Bertz CT molecular complexity index is 1230. The van der Waals surface area contributed by atoms with Gasteiger partial charge in [0.25, 0.3) is 5.91 Å². The van der Waals surface area contributed by atoms with Crippen LogP contribution >= 0.6 is 0 Å². The van der Waals surface area contributed by atoms with Crippen molar-refractivity contribution in [2.24, 2.45) is 0 Å². The molecule has 0 spiro atoms. The van der Waals surface area contributed by atoms with Crippen LogP contribution in [0.5, 0.6) is 0 Å². The normalized spacial score (nSPS) is 17.1. The molecule has 1 aliphatic heterocycles. The SMILES string of the molecule is CN([C@@H]1CCCN(C(=O)c2ccccc2-c2ccccc2)CC1)S(=O)(=O)c1cccc(F)c1. The van der Waals surface area contributed by atoms with Crippen LogP contribution in [0.25, 0.3) is 11.1 Å². The second kappa shape index (κ2) is 9.85. The Hall–Kier alpha value is -3.03. The van der Waals surface area contributed by atoms with Gasteiger partial charge >= 0.3 is 0 Å². The summed E-state index contributed by atoms with van der Waals surface area (Å²) in [5.74, 6) is -0.634. The minimum absolute atomic E-state index is 0.0502. The largest absolute Gasteiger partial charge is 0.339 e. The van der Waals surface area contributed by atoms with Crippen molar-refractivity contribution >= 4 is 15.9 Å². The van der Waals surface area contributed by atoms with Gasteiger partial charge in [-0.05, 0) is 54.7 Å². The fourth-order valence-corrected chi connectivity index (χ4v) is 5.79. The molecule has 1 fully saturated rings. The molecule has 172 valence electrons. The van der Waals surface area contributed by atoms with Crippen LogP contribution < -0.4 is 0 Å². The first-order valence-electron chi connectivity index (χ1n) is 11.1. The number of benzene rings is 3. The summed E-state index contributed by atoms with van der Waals surface area (Å²) < 4.78 is 41.0. The summed E-state index contributed by atoms with van der Waals surface area (Å²) >= 11 is 0. The molecule has 0 radical (unpaired) electrons. The Morgan fingerprint density at radius 3 is 2.42 bits per heavy atom. The third kappa shape index (κ3) is 4.99. The lowest BCUT2D eigenvalue weighted by Crippen LogP contribution is -2.38. The summed E-state index contributed by atoms with van der Waals surface area (Å²) in [5.41, 5.74) is 2.51. The van der Waals surface area contributed by atoms with E-state index >= 15 is 0 Å². The highest BCUT2D eigenvalue weighted by atomic mass is 32.2. The average molecular weight is 467 g/mol. The Morgan fingerprint density at radius 2 is 1.67 bits per heavy atom. The number of hydrogen-bond donors (Lipinski definition) is 0. The van der Waals surface area contributed by atoms with Crippen LogP contribution in [0.3, 0.4) is 0 Å². The van der Waals surface area contributed by atoms with E-state index < -0.39 is 15.8 Å². The molecule has 0 aromatic heterocycles. The van der Waals surface area contributed by atoms with Gasteiger partial charge in [0.05, 0.1) is 4.90 Å². The molecule has 5 nitrogen and oxygen atoms in total. The molecule has 0 unspecified atom stereocenters. The predicted molar refractivity (Wildman–Crippen MR) is 127 cm³/mol. The van der Waals surface area contributed by atoms with Crippen molar-refractivity contribution in [1.29, 1.82) is 0 Å². The van der Waals surface area contributed by atoms with E-state index in [1.54, 1.807) is 0 Å². The van der Waals surface area contributed by atoms with Crippen molar-refractivity contribution in [2.75, 3.05) is 20.1 Å². The van der Waals surface area contributed by atoms with E-state index in [0.29, 0.717) is 37.9 Å². The van der Waals surface area contributed by atoms with Crippen molar-refractivity contribution in [3.8, 4) is 11.1 Å². The Labute approximate surface area is 194 Å². The third-order valence-electron chi connectivity index (χ3n) is 6.21. The van der Waals surface area contributed by atoms with Gasteiger partial charge in [-0.2, -0.15) is 4.31 Å². The third-order valence-corrected chi connectivity index (χ3v) is 8.12. The molecule has 1 saturated heterocycles. The number of sulfonamides is 1. The first-order chi connectivity index (χ1) is 15.9. The fraction of sp³-hybridized carbons (Fsp3) is 0.269. The molecule has 0 bridgehead atoms. The van der Waals surface area contributed by atoms with Crippen molar-refractivity contribution in [3.05, 3.63) is 90.2 Å². The number of carbonyl (C=O) groups excluding carboxylic acids is 1. The fourth-order valence-electron chi connectivity index (χ4n) is 4.34. The second-order valence-corrected chi connectivity index (χ2v) is 10.3. The van der Waals surface area contributed by atoms with Gasteiger partial charge in [0, 0.05) is 31.7 Å². The van der Waals surface area contributed by atoms with Crippen LogP contribution in [0.15, 0.2) is 83.8 Å². The maximum absolute atomic E-state index is 13.6. The zero-order valence-electron chi connectivity index (χ0n) is 18.5. The summed E-state index contributed by atoms with van der Waals surface area (Å²) in [4.78, 5) is 15.2. The number of carbonyl (C=O) groups is 1.